The van der Waals surface area contributed by atoms with Gasteiger partial charge in [-0.2, -0.15) is 0 Å². The zero-order chi connectivity index (χ0) is 37.8. The molecule has 2 N–H and O–H groups in total. The normalized spacial score (nSPS) is 17.8. The van der Waals surface area contributed by atoms with Crippen LogP contribution < -0.4 is 0 Å². The Hall–Kier alpha value is -5.64. The molecule has 4 aromatic carbocycles. The van der Waals surface area contributed by atoms with E-state index in [4.69, 9.17) is 19.4 Å². The predicted octanol–water partition coefficient (Wildman–Crippen LogP) is 10.6. The Bertz CT molecular complexity index is 2200. The van der Waals surface area contributed by atoms with Crippen LogP contribution in [0.5, 0.6) is 0 Å². The molecule has 2 aromatic heterocycles. The van der Waals surface area contributed by atoms with Crippen LogP contribution in [0.4, 0.5) is 9.59 Å². The number of imidazole rings is 2. The standard InChI is InChI=1S/C44H48N6O4/c1-43(2,3)53-41(51)49-19-7-9-37(49)39-45-25-35(47-39)33-17-15-29-21-27(11-13-31(29)23-33)28-12-14-32-24-34(18-16-30(32)22-28)36-26-46-40(48-36)38-10-8-20-50(38)42(52)54-44(4,5)6/h11-18,21-26,37-38H,7-10,19-20H2,1-6H3,(H,45,47)(H,46,48)/t37-,38-/m0/s1. The number of ether oxygens (including phenoxy) is 2. The summed E-state index contributed by atoms with van der Waals surface area (Å²) in [4.78, 5) is 45.7. The van der Waals surface area contributed by atoms with Gasteiger partial charge < -0.3 is 19.4 Å². The Labute approximate surface area is 315 Å². The van der Waals surface area contributed by atoms with Gasteiger partial charge in [-0.3, -0.25) is 9.80 Å². The van der Waals surface area contributed by atoms with Gasteiger partial charge >= 0.3 is 12.2 Å². The maximum Gasteiger partial charge on any atom is 0.410 e. The molecule has 2 aliphatic rings. The molecule has 6 aromatic rings. The average molecular weight is 725 g/mol. The molecule has 2 saturated heterocycles. The number of benzene rings is 4. The van der Waals surface area contributed by atoms with Crippen molar-refractivity contribution in [2.75, 3.05) is 13.1 Å². The molecule has 0 bridgehead atoms. The highest BCUT2D eigenvalue weighted by Crippen LogP contribution is 2.36. The first-order valence-corrected chi connectivity index (χ1v) is 19.0. The third-order valence-electron chi connectivity index (χ3n) is 10.2. The molecule has 2 aliphatic heterocycles. The van der Waals surface area contributed by atoms with Crippen LogP contribution >= 0.6 is 0 Å². The summed E-state index contributed by atoms with van der Waals surface area (Å²) in [5.41, 5.74) is 5.16. The van der Waals surface area contributed by atoms with E-state index in [0.29, 0.717) is 13.1 Å². The number of fused-ring (bicyclic) bond motifs is 2. The van der Waals surface area contributed by atoms with Gasteiger partial charge in [-0.25, -0.2) is 19.6 Å². The van der Waals surface area contributed by atoms with Crippen molar-refractivity contribution in [3.8, 4) is 33.6 Å². The number of H-pyrrole nitrogens is 2. The van der Waals surface area contributed by atoms with Crippen LogP contribution in [0.2, 0.25) is 0 Å². The lowest BCUT2D eigenvalue weighted by atomic mass is 9.97. The molecule has 8 rings (SSSR count). The first kappa shape index (κ1) is 35.4. The SMILES string of the molecule is CC(C)(C)OC(=O)N1CCC[C@H]1c1ncc(-c2ccc3cc(-c4ccc5cc(-c6cnc([C@@H]7CCCN7C(=O)OC(C)(C)C)[nH]6)ccc5c4)ccc3c2)[nH]1. The first-order chi connectivity index (χ1) is 25.8. The molecular formula is C44H48N6O4. The highest BCUT2D eigenvalue weighted by Gasteiger charge is 2.36. The van der Waals surface area contributed by atoms with Crippen LogP contribution in [0.3, 0.4) is 0 Å². The quantitative estimate of drug-likeness (QED) is 0.183. The van der Waals surface area contributed by atoms with Crippen molar-refractivity contribution < 1.29 is 19.1 Å². The van der Waals surface area contributed by atoms with Crippen molar-refractivity contribution in [1.29, 1.82) is 0 Å². The number of hydrogen-bond donors (Lipinski definition) is 2. The third-order valence-corrected chi connectivity index (χ3v) is 10.2. The Balaban J connectivity index is 0.973. The lowest BCUT2D eigenvalue weighted by Gasteiger charge is -2.27. The van der Waals surface area contributed by atoms with E-state index in [-0.39, 0.29) is 24.3 Å². The smallest absolute Gasteiger partial charge is 0.410 e. The van der Waals surface area contributed by atoms with Gasteiger partial charge in [0.25, 0.3) is 0 Å². The van der Waals surface area contributed by atoms with Crippen LogP contribution in [0.1, 0.15) is 91.0 Å². The average Bonchev–Trinajstić information content (AvgIpc) is 3.96. The second-order valence-corrected chi connectivity index (χ2v) is 16.6. The number of carbonyl (C=O) groups is 2. The van der Waals surface area contributed by atoms with Crippen LogP contribution in [0.25, 0.3) is 55.2 Å². The topological polar surface area (TPSA) is 116 Å². The molecule has 0 aliphatic carbocycles. The van der Waals surface area contributed by atoms with Gasteiger partial charge in [0.05, 0.1) is 35.9 Å². The maximum absolute atomic E-state index is 12.9. The highest BCUT2D eigenvalue weighted by atomic mass is 16.6. The van der Waals surface area contributed by atoms with Crippen LogP contribution in [-0.4, -0.2) is 66.2 Å². The number of carbonyl (C=O) groups excluding carboxylic acids is 2. The summed E-state index contributed by atoms with van der Waals surface area (Å²) in [6.45, 7) is 12.7. The van der Waals surface area contributed by atoms with Crippen molar-refractivity contribution in [2.45, 2.75) is 90.5 Å². The second kappa shape index (κ2) is 13.6. The molecule has 2 amide bonds. The van der Waals surface area contributed by atoms with Gasteiger partial charge in [0.15, 0.2) is 0 Å². The van der Waals surface area contributed by atoms with E-state index < -0.39 is 11.2 Å². The van der Waals surface area contributed by atoms with E-state index in [1.165, 1.54) is 0 Å². The lowest BCUT2D eigenvalue weighted by Crippen LogP contribution is -2.36. The summed E-state index contributed by atoms with van der Waals surface area (Å²) in [5.74, 6) is 1.58. The Morgan fingerprint density at radius 2 is 0.926 bits per heavy atom. The summed E-state index contributed by atoms with van der Waals surface area (Å²) in [7, 11) is 0. The molecule has 2 atom stereocenters. The Kier molecular flexibility index (Phi) is 8.95. The largest absolute Gasteiger partial charge is 0.444 e. The molecule has 0 saturated carbocycles. The van der Waals surface area contributed by atoms with E-state index in [1.807, 2.05) is 53.9 Å². The molecule has 278 valence electrons. The van der Waals surface area contributed by atoms with E-state index in [0.717, 1.165) is 92.5 Å². The van der Waals surface area contributed by atoms with Gasteiger partial charge in [0.1, 0.15) is 22.9 Å². The highest BCUT2D eigenvalue weighted by molar-refractivity contribution is 5.94. The minimum Gasteiger partial charge on any atom is -0.444 e. The molecule has 0 radical (unpaired) electrons. The minimum atomic E-state index is -0.541. The predicted molar refractivity (Wildman–Crippen MR) is 212 cm³/mol. The van der Waals surface area contributed by atoms with Crippen molar-refractivity contribution in [2.24, 2.45) is 0 Å². The Morgan fingerprint density at radius 3 is 1.30 bits per heavy atom. The van der Waals surface area contributed by atoms with Crippen molar-refractivity contribution in [3.63, 3.8) is 0 Å². The number of nitrogens with zero attached hydrogens (tertiary/aromatic N) is 4. The number of amides is 2. The summed E-state index contributed by atoms with van der Waals surface area (Å²) in [6.07, 6.45) is 6.67. The number of likely N-dealkylation sites (tertiary alicyclic amines) is 2. The molecule has 4 heterocycles. The third kappa shape index (κ3) is 7.29. The van der Waals surface area contributed by atoms with Gasteiger partial charge in [-0.1, -0.05) is 48.5 Å². The molecule has 10 heteroatoms. The molecule has 54 heavy (non-hydrogen) atoms. The molecule has 0 unspecified atom stereocenters. The van der Waals surface area contributed by atoms with E-state index in [9.17, 15) is 9.59 Å². The molecular weight excluding hydrogens is 677 g/mol. The van der Waals surface area contributed by atoms with Gasteiger partial charge in [-0.05, 0) is 124 Å². The summed E-state index contributed by atoms with van der Waals surface area (Å²) < 4.78 is 11.3. The molecule has 10 nitrogen and oxygen atoms in total. The zero-order valence-corrected chi connectivity index (χ0v) is 31.9. The minimum absolute atomic E-state index is 0.121. The van der Waals surface area contributed by atoms with E-state index in [1.54, 1.807) is 9.80 Å². The number of aromatic nitrogens is 4. The Morgan fingerprint density at radius 1 is 0.574 bits per heavy atom. The number of nitrogens with one attached hydrogen (secondary N) is 2. The number of rotatable bonds is 5. The van der Waals surface area contributed by atoms with Crippen molar-refractivity contribution in [3.05, 3.63) is 96.8 Å². The lowest BCUT2D eigenvalue weighted by molar-refractivity contribution is 0.0208. The summed E-state index contributed by atoms with van der Waals surface area (Å²) >= 11 is 0. The maximum atomic E-state index is 12.9. The fourth-order valence-electron chi connectivity index (χ4n) is 7.67. The fourth-order valence-corrected chi connectivity index (χ4v) is 7.67. The summed E-state index contributed by atoms with van der Waals surface area (Å²) in [5, 5.41) is 4.58. The van der Waals surface area contributed by atoms with Crippen molar-refractivity contribution >= 4 is 33.7 Å². The van der Waals surface area contributed by atoms with Crippen LogP contribution in [0, 0.1) is 0 Å². The van der Waals surface area contributed by atoms with Gasteiger partial charge in [0.2, 0.25) is 0 Å². The second-order valence-electron chi connectivity index (χ2n) is 16.6. The fraction of sp³-hybridized carbons (Fsp3) is 0.364. The van der Waals surface area contributed by atoms with E-state index in [2.05, 4.69) is 82.8 Å². The number of aromatic amines is 2. The monoisotopic (exact) mass is 724 g/mol. The van der Waals surface area contributed by atoms with E-state index >= 15 is 0 Å². The van der Waals surface area contributed by atoms with Crippen molar-refractivity contribution in [1.82, 2.24) is 29.7 Å². The molecule has 0 spiro atoms. The number of hydrogen-bond acceptors (Lipinski definition) is 6. The first-order valence-electron chi connectivity index (χ1n) is 19.0. The van der Waals surface area contributed by atoms with Gasteiger partial charge in [0, 0.05) is 24.2 Å². The van der Waals surface area contributed by atoms with Crippen LogP contribution in [-0.2, 0) is 9.47 Å². The summed E-state index contributed by atoms with van der Waals surface area (Å²) in [6, 6.07) is 25.8. The van der Waals surface area contributed by atoms with Gasteiger partial charge in [-0.15, -0.1) is 0 Å². The molecule has 2 fully saturated rings. The van der Waals surface area contributed by atoms with Crippen LogP contribution in [0.15, 0.2) is 85.2 Å². The zero-order valence-electron chi connectivity index (χ0n) is 31.9.